The number of benzene rings is 2. The van der Waals surface area contributed by atoms with E-state index in [9.17, 15) is 9.18 Å². The zero-order valence-electron chi connectivity index (χ0n) is 14.5. The van der Waals surface area contributed by atoms with Crippen LogP contribution in [0.15, 0.2) is 53.1 Å². The summed E-state index contributed by atoms with van der Waals surface area (Å²) in [4.78, 5) is 16.2. The first-order valence-corrected chi connectivity index (χ1v) is 8.32. The molecule has 6 nitrogen and oxygen atoms in total. The summed E-state index contributed by atoms with van der Waals surface area (Å²) in [6.07, 6.45) is 0.862. The Kier molecular flexibility index (Phi) is 5.26. The summed E-state index contributed by atoms with van der Waals surface area (Å²) in [5, 5.41) is 9.55. The van der Waals surface area contributed by atoms with Gasteiger partial charge in [-0.25, -0.2) is 9.18 Å². The summed E-state index contributed by atoms with van der Waals surface area (Å²) in [7, 11) is 0. The van der Waals surface area contributed by atoms with E-state index in [1.54, 1.807) is 36.4 Å². The van der Waals surface area contributed by atoms with Crippen molar-refractivity contribution in [2.24, 2.45) is 0 Å². The molecule has 0 fully saturated rings. The second-order valence-electron chi connectivity index (χ2n) is 5.92. The molecule has 2 amide bonds. The lowest BCUT2D eigenvalue weighted by molar-refractivity contribution is 0.249. The van der Waals surface area contributed by atoms with Crippen molar-refractivity contribution in [3.8, 4) is 22.8 Å². The molecule has 1 aromatic heterocycles. The molecular weight excluding hydrogens is 335 g/mol. The number of rotatable bonds is 5. The maximum atomic E-state index is 13.0. The van der Waals surface area contributed by atoms with Gasteiger partial charge in [0.05, 0.1) is 0 Å². The molecule has 2 N–H and O–H groups in total. The summed E-state index contributed by atoms with van der Waals surface area (Å²) >= 11 is 0. The maximum absolute atomic E-state index is 13.0. The molecule has 0 saturated carbocycles. The van der Waals surface area contributed by atoms with E-state index in [2.05, 4.69) is 20.8 Å². The standard InChI is InChI=1S/C19H19FN4O2/c1-3-12(2)21-19(25)22-16-10-6-13(7-11-16)17-23-18(26-24-17)14-4-8-15(20)9-5-14/h4-12H,3H2,1-2H3,(H2,21,22,25). The SMILES string of the molecule is CCC(C)NC(=O)Nc1ccc(-c2noc(-c3ccc(F)cc3)n2)cc1. The number of halogens is 1. The lowest BCUT2D eigenvalue weighted by atomic mass is 10.2. The van der Waals surface area contributed by atoms with Gasteiger partial charge < -0.3 is 15.2 Å². The number of aromatic nitrogens is 2. The van der Waals surface area contributed by atoms with Crippen LogP contribution >= 0.6 is 0 Å². The van der Waals surface area contributed by atoms with Crippen LogP contribution in [-0.2, 0) is 0 Å². The molecule has 3 rings (SSSR count). The maximum Gasteiger partial charge on any atom is 0.319 e. The van der Waals surface area contributed by atoms with Crippen molar-refractivity contribution in [3.63, 3.8) is 0 Å². The Morgan fingerprint density at radius 3 is 2.42 bits per heavy atom. The Morgan fingerprint density at radius 2 is 1.77 bits per heavy atom. The third kappa shape index (κ3) is 4.24. The van der Waals surface area contributed by atoms with Crippen molar-refractivity contribution in [1.29, 1.82) is 0 Å². The highest BCUT2D eigenvalue weighted by atomic mass is 19.1. The molecule has 0 aliphatic carbocycles. The summed E-state index contributed by atoms with van der Waals surface area (Å²) < 4.78 is 18.2. The first kappa shape index (κ1) is 17.6. The minimum atomic E-state index is -0.325. The van der Waals surface area contributed by atoms with E-state index < -0.39 is 0 Å². The number of hydrogen-bond donors (Lipinski definition) is 2. The van der Waals surface area contributed by atoms with Crippen LogP contribution in [0, 0.1) is 5.82 Å². The van der Waals surface area contributed by atoms with E-state index in [0.717, 1.165) is 12.0 Å². The molecule has 0 bridgehead atoms. The molecule has 0 radical (unpaired) electrons. The Labute approximate surface area is 150 Å². The van der Waals surface area contributed by atoms with Gasteiger partial charge in [-0.2, -0.15) is 4.98 Å². The second-order valence-corrected chi connectivity index (χ2v) is 5.92. The fraction of sp³-hybridized carbons (Fsp3) is 0.211. The third-order valence-corrected chi connectivity index (χ3v) is 3.91. The molecule has 134 valence electrons. The van der Waals surface area contributed by atoms with Crippen molar-refractivity contribution >= 4 is 11.7 Å². The van der Waals surface area contributed by atoms with Crippen LogP contribution < -0.4 is 10.6 Å². The first-order valence-electron chi connectivity index (χ1n) is 8.32. The van der Waals surface area contributed by atoms with Crippen molar-refractivity contribution in [2.45, 2.75) is 26.3 Å². The van der Waals surface area contributed by atoms with Crippen LogP contribution in [0.3, 0.4) is 0 Å². The molecule has 0 saturated heterocycles. The van der Waals surface area contributed by atoms with E-state index in [4.69, 9.17) is 4.52 Å². The molecule has 0 aliphatic heterocycles. The van der Waals surface area contributed by atoms with E-state index in [1.807, 2.05) is 13.8 Å². The van der Waals surface area contributed by atoms with Crippen molar-refractivity contribution in [2.75, 3.05) is 5.32 Å². The minimum Gasteiger partial charge on any atom is -0.335 e. The average molecular weight is 354 g/mol. The zero-order valence-corrected chi connectivity index (χ0v) is 14.5. The Hall–Kier alpha value is -3.22. The zero-order chi connectivity index (χ0) is 18.5. The highest BCUT2D eigenvalue weighted by molar-refractivity contribution is 5.89. The number of nitrogens with zero attached hydrogens (tertiary/aromatic N) is 2. The molecule has 3 aromatic rings. The number of anilines is 1. The fourth-order valence-electron chi connectivity index (χ4n) is 2.25. The molecule has 1 atom stereocenters. The summed E-state index contributed by atoms with van der Waals surface area (Å²) in [5.41, 5.74) is 2.05. The molecule has 26 heavy (non-hydrogen) atoms. The highest BCUT2D eigenvalue weighted by Gasteiger charge is 2.11. The fourth-order valence-corrected chi connectivity index (χ4v) is 2.25. The van der Waals surface area contributed by atoms with Gasteiger partial charge in [-0.1, -0.05) is 12.1 Å². The Balaban J connectivity index is 1.69. The number of nitrogens with one attached hydrogen (secondary N) is 2. The van der Waals surface area contributed by atoms with Gasteiger partial charge in [-0.15, -0.1) is 0 Å². The van der Waals surface area contributed by atoms with Gasteiger partial charge in [0.25, 0.3) is 5.89 Å². The van der Waals surface area contributed by atoms with Crippen molar-refractivity contribution in [3.05, 3.63) is 54.3 Å². The van der Waals surface area contributed by atoms with Crippen LogP contribution in [0.1, 0.15) is 20.3 Å². The Bertz CT molecular complexity index is 875. The molecule has 7 heteroatoms. The Morgan fingerprint density at radius 1 is 1.12 bits per heavy atom. The number of carbonyl (C=O) groups is 1. The van der Waals surface area contributed by atoms with E-state index in [0.29, 0.717) is 23.0 Å². The molecule has 2 aromatic carbocycles. The van der Waals surface area contributed by atoms with Gasteiger partial charge in [0.15, 0.2) is 0 Å². The topological polar surface area (TPSA) is 80.0 Å². The average Bonchev–Trinajstić information content (AvgIpc) is 3.13. The summed E-state index contributed by atoms with van der Waals surface area (Å²) in [5.74, 6) is 0.406. The van der Waals surface area contributed by atoms with Crippen molar-refractivity contribution < 1.29 is 13.7 Å². The number of hydrogen-bond acceptors (Lipinski definition) is 4. The number of urea groups is 1. The van der Waals surface area contributed by atoms with Crippen LogP contribution in [0.25, 0.3) is 22.8 Å². The van der Waals surface area contributed by atoms with Crippen LogP contribution in [0.4, 0.5) is 14.9 Å². The summed E-state index contributed by atoms with van der Waals surface area (Å²) in [6, 6.07) is 12.8. The molecule has 1 heterocycles. The number of carbonyl (C=O) groups excluding carboxylic acids is 1. The minimum absolute atomic E-state index is 0.110. The predicted octanol–water partition coefficient (Wildman–Crippen LogP) is 4.46. The van der Waals surface area contributed by atoms with Crippen molar-refractivity contribution in [1.82, 2.24) is 15.5 Å². The molecule has 1 unspecified atom stereocenters. The van der Waals surface area contributed by atoms with Gasteiger partial charge in [0.1, 0.15) is 5.82 Å². The van der Waals surface area contributed by atoms with E-state index in [1.165, 1.54) is 12.1 Å². The van der Waals surface area contributed by atoms with E-state index in [-0.39, 0.29) is 17.9 Å². The predicted molar refractivity (Wildman–Crippen MR) is 97.0 cm³/mol. The normalized spacial score (nSPS) is 11.8. The van der Waals surface area contributed by atoms with Gasteiger partial charge in [-0.3, -0.25) is 0 Å². The largest absolute Gasteiger partial charge is 0.335 e. The molecule has 0 spiro atoms. The van der Waals surface area contributed by atoms with E-state index >= 15 is 0 Å². The highest BCUT2D eigenvalue weighted by Crippen LogP contribution is 2.23. The monoisotopic (exact) mass is 354 g/mol. The third-order valence-electron chi connectivity index (χ3n) is 3.91. The first-order chi connectivity index (χ1) is 12.5. The van der Waals surface area contributed by atoms with Gasteiger partial charge in [0.2, 0.25) is 5.82 Å². The molecule has 0 aliphatic rings. The van der Waals surface area contributed by atoms with Gasteiger partial charge >= 0.3 is 6.03 Å². The van der Waals surface area contributed by atoms with Gasteiger partial charge in [0, 0.05) is 22.9 Å². The molecular formula is C19H19FN4O2. The lowest BCUT2D eigenvalue weighted by Crippen LogP contribution is -2.35. The van der Waals surface area contributed by atoms with Crippen LogP contribution in [0.2, 0.25) is 0 Å². The van der Waals surface area contributed by atoms with Crippen LogP contribution in [0.5, 0.6) is 0 Å². The number of amides is 2. The second kappa shape index (κ2) is 7.77. The van der Waals surface area contributed by atoms with Crippen LogP contribution in [-0.4, -0.2) is 22.2 Å². The van der Waals surface area contributed by atoms with Gasteiger partial charge in [-0.05, 0) is 61.9 Å². The quantitative estimate of drug-likeness (QED) is 0.709. The lowest BCUT2D eigenvalue weighted by Gasteiger charge is -2.12. The summed E-state index contributed by atoms with van der Waals surface area (Å²) in [6.45, 7) is 3.95. The smallest absolute Gasteiger partial charge is 0.319 e.